The summed E-state index contributed by atoms with van der Waals surface area (Å²) < 4.78 is 4.93. The topological polar surface area (TPSA) is 76.0 Å². The maximum atomic E-state index is 11.1. The Bertz CT molecular complexity index is 769. The third-order valence-corrected chi connectivity index (χ3v) is 3.40. The van der Waals surface area contributed by atoms with Crippen molar-refractivity contribution in [2.24, 2.45) is 0 Å². The van der Waals surface area contributed by atoms with Crippen LogP contribution >= 0.6 is 11.3 Å². The van der Waals surface area contributed by atoms with E-state index in [9.17, 15) is 9.59 Å². The number of benzene rings is 1. The lowest BCUT2D eigenvalue weighted by Crippen LogP contribution is -1.92. The summed E-state index contributed by atoms with van der Waals surface area (Å²) in [5, 5.41) is 2.67. The van der Waals surface area contributed by atoms with Crippen LogP contribution in [-0.4, -0.2) is 16.3 Å². The van der Waals surface area contributed by atoms with E-state index in [0.717, 1.165) is 22.6 Å². The molecule has 0 spiro atoms. The van der Waals surface area contributed by atoms with Crippen LogP contribution in [0.4, 0.5) is 0 Å². The second kappa shape index (κ2) is 4.23. The predicted molar refractivity (Wildman–Crippen MR) is 67.7 cm³/mol. The van der Waals surface area contributed by atoms with E-state index in [1.807, 2.05) is 11.4 Å². The van der Waals surface area contributed by atoms with Gasteiger partial charge in [-0.1, -0.05) is 0 Å². The summed E-state index contributed by atoms with van der Waals surface area (Å²) in [6.45, 7) is 0. The molecule has 2 heterocycles. The van der Waals surface area contributed by atoms with Crippen molar-refractivity contribution >= 4 is 28.7 Å². The van der Waals surface area contributed by atoms with Crippen molar-refractivity contribution in [1.82, 2.24) is 9.97 Å². The fourth-order valence-corrected chi connectivity index (χ4v) is 2.47. The number of rotatable bonds is 3. The van der Waals surface area contributed by atoms with E-state index in [0.29, 0.717) is 17.5 Å². The van der Waals surface area contributed by atoms with E-state index in [1.165, 1.54) is 11.3 Å². The van der Waals surface area contributed by atoms with Crippen molar-refractivity contribution in [3.8, 4) is 11.3 Å². The van der Waals surface area contributed by atoms with Gasteiger partial charge < -0.3 is 9.21 Å². The van der Waals surface area contributed by atoms with Gasteiger partial charge in [0.05, 0.1) is 17.6 Å². The molecule has 0 saturated carbocycles. The number of carbonyl (C=O) groups excluding carboxylic acids is 1. The number of fused-ring (bicyclic) bond motifs is 1. The molecule has 0 amide bonds. The molecule has 0 saturated heterocycles. The molecular weight excluding hydrogens is 252 g/mol. The maximum absolute atomic E-state index is 11.1. The van der Waals surface area contributed by atoms with Crippen molar-refractivity contribution in [2.75, 3.05) is 0 Å². The van der Waals surface area contributed by atoms with E-state index in [-0.39, 0.29) is 0 Å². The van der Waals surface area contributed by atoms with E-state index in [1.54, 1.807) is 12.1 Å². The van der Waals surface area contributed by atoms with Gasteiger partial charge in [-0.25, -0.2) is 9.78 Å². The Hall–Kier alpha value is -2.21. The molecule has 0 unspecified atom stereocenters. The molecule has 1 aromatic carbocycles. The summed E-state index contributed by atoms with van der Waals surface area (Å²) in [7, 11) is 0. The fraction of sp³-hybridized carbons (Fsp3) is 0.0833. The monoisotopic (exact) mass is 260 g/mol. The lowest BCUT2D eigenvalue weighted by molar-refractivity contribution is -0.107. The van der Waals surface area contributed by atoms with Crippen molar-refractivity contribution in [1.29, 1.82) is 0 Å². The molecule has 0 aliphatic heterocycles. The molecule has 0 radical (unpaired) electrons. The van der Waals surface area contributed by atoms with E-state index < -0.39 is 5.76 Å². The summed E-state index contributed by atoms with van der Waals surface area (Å²) in [6.07, 6.45) is 1.16. The third-order valence-electron chi connectivity index (χ3n) is 2.52. The molecule has 3 aromatic rings. The van der Waals surface area contributed by atoms with Crippen molar-refractivity contribution in [3.63, 3.8) is 0 Å². The molecule has 18 heavy (non-hydrogen) atoms. The first-order valence-electron chi connectivity index (χ1n) is 5.27. The van der Waals surface area contributed by atoms with Crippen LogP contribution in [0.15, 0.2) is 32.8 Å². The number of hydrogen-bond acceptors (Lipinski definition) is 5. The fourth-order valence-electron chi connectivity index (χ4n) is 1.72. The van der Waals surface area contributed by atoms with Crippen LogP contribution < -0.4 is 5.76 Å². The smallest absolute Gasteiger partial charge is 0.408 e. The first-order valence-corrected chi connectivity index (χ1v) is 6.15. The first kappa shape index (κ1) is 10.9. The number of nitrogens with one attached hydrogen (secondary N) is 1. The molecule has 0 bridgehead atoms. The highest BCUT2D eigenvalue weighted by molar-refractivity contribution is 7.10. The minimum Gasteiger partial charge on any atom is -0.408 e. The summed E-state index contributed by atoms with van der Waals surface area (Å²) in [6, 6.07) is 5.36. The zero-order valence-electron chi connectivity index (χ0n) is 9.17. The van der Waals surface area contributed by atoms with E-state index in [4.69, 9.17) is 4.42 Å². The number of H-pyrrole nitrogens is 1. The minimum absolute atomic E-state index is 0.329. The van der Waals surface area contributed by atoms with E-state index >= 15 is 0 Å². The van der Waals surface area contributed by atoms with Gasteiger partial charge in [0.1, 0.15) is 11.3 Å². The molecule has 0 aliphatic carbocycles. The van der Waals surface area contributed by atoms with Crippen molar-refractivity contribution in [3.05, 3.63) is 39.1 Å². The SMILES string of the molecule is O=CCc1nc(-c2ccc3oc(=O)[nH]c3c2)cs1. The zero-order valence-corrected chi connectivity index (χ0v) is 9.99. The number of carbonyl (C=O) groups is 1. The Balaban J connectivity index is 2.06. The second-order valence-electron chi connectivity index (χ2n) is 3.72. The van der Waals surface area contributed by atoms with Gasteiger partial charge in [-0.05, 0) is 18.2 Å². The van der Waals surface area contributed by atoms with Crippen LogP contribution in [0.5, 0.6) is 0 Å². The van der Waals surface area contributed by atoms with Crippen LogP contribution in [0.1, 0.15) is 5.01 Å². The Kier molecular flexibility index (Phi) is 2.56. The van der Waals surface area contributed by atoms with Gasteiger partial charge in [0.2, 0.25) is 0 Å². The molecule has 0 aliphatic rings. The molecule has 6 heteroatoms. The van der Waals surface area contributed by atoms with Gasteiger partial charge in [0.15, 0.2) is 5.58 Å². The van der Waals surface area contributed by atoms with Crippen molar-refractivity contribution < 1.29 is 9.21 Å². The van der Waals surface area contributed by atoms with Gasteiger partial charge in [-0.3, -0.25) is 4.98 Å². The number of aldehydes is 1. The average Bonchev–Trinajstić information content (AvgIpc) is 2.93. The normalized spacial score (nSPS) is 10.9. The molecule has 5 nitrogen and oxygen atoms in total. The number of oxazole rings is 1. The summed E-state index contributed by atoms with van der Waals surface area (Å²) in [5.74, 6) is -0.470. The largest absolute Gasteiger partial charge is 0.417 e. The van der Waals surface area contributed by atoms with Crippen LogP contribution in [0.2, 0.25) is 0 Å². The number of aromatic amines is 1. The molecule has 3 rings (SSSR count). The van der Waals surface area contributed by atoms with Crippen LogP contribution in [-0.2, 0) is 11.2 Å². The lowest BCUT2D eigenvalue weighted by atomic mass is 10.1. The quantitative estimate of drug-likeness (QED) is 0.730. The van der Waals surface area contributed by atoms with Crippen LogP contribution in [0, 0.1) is 0 Å². The van der Waals surface area contributed by atoms with Gasteiger partial charge in [0, 0.05) is 10.9 Å². The molecule has 2 aromatic heterocycles. The number of nitrogens with zero attached hydrogens (tertiary/aromatic N) is 1. The summed E-state index contributed by atoms with van der Waals surface area (Å²) in [4.78, 5) is 28.4. The standard InChI is InChI=1S/C12H8N2O3S/c15-4-3-11-13-9(6-18-11)7-1-2-10-8(5-7)14-12(16)17-10/h1-2,4-6H,3H2,(H,14,16). The maximum Gasteiger partial charge on any atom is 0.417 e. The number of hydrogen-bond donors (Lipinski definition) is 1. The highest BCUT2D eigenvalue weighted by atomic mass is 32.1. The van der Waals surface area contributed by atoms with Gasteiger partial charge >= 0.3 is 5.76 Å². The molecular formula is C12H8N2O3S. The first-order chi connectivity index (χ1) is 8.76. The Labute approximate surface area is 105 Å². The van der Waals surface area contributed by atoms with Crippen LogP contribution in [0.25, 0.3) is 22.4 Å². The lowest BCUT2D eigenvalue weighted by Gasteiger charge is -1.95. The highest BCUT2D eigenvalue weighted by Crippen LogP contribution is 2.24. The summed E-state index contributed by atoms with van der Waals surface area (Å²) in [5.41, 5.74) is 2.84. The zero-order chi connectivity index (χ0) is 12.5. The molecule has 1 N–H and O–H groups in total. The second-order valence-corrected chi connectivity index (χ2v) is 4.67. The van der Waals surface area contributed by atoms with Gasteiger partial charge in [-0.15, -0.1) is 11.3 Å². The molecule has 90 valence electrons. The molecule has 0 atom stereocenters. The Morgan fingerprint density at radius 2 is 2.33 bits per heavy atom. The Morgan fingerprint density at radius 1 is 1.44 bits per heavy atom. The summed E-state index contributed by atoms with van der Waals surface area (Å²) >= 11 is 1.44. The third kappa shape index (κ3) is 1.86. The van der Waals surface area contributed by atoms with Crippen molar-refractivity contribution in [2.45, 2.75) is 6.42 Å². The van der Waals surface area contributed by atoms with Gasteiger partial charge in [0.25, 0.3) is 0 Å². The highest BCUT2D eigenvalue weighted by Gasteiger charge is 2.07. The minimum atomic E-state index is -0.470. The van der Waals surface area contributed by atoms with Crippen LogP contribution in [0.3, 0.4) is 0 Å². The Morgan fingerprint density at radius 3 is 3.17 bits per heavy atom. The average molecular weight is 260 g/mol. The predicted octanol–water partition coefficient (Wildman–Crippen LogP) is 1.99. The molecule has 0 fully saturated rings. The number of aromatic nitrogens is 2. The van der Waals surface area contributed by atoms with E-state index in [2.05, 4.69) is 9.97 Å². The van der Waals surface area contributed by atoms with Gasteiger partial charge in [-0.2, -0.15) is 0 Å². The number of thiazole rings is 1.